The van der Waals surface area contributed by atoms with Gasteiger partial charge in [-0.05, 0) is 45.1 Å². The number of ether oxygens (including phenoxy) is 1. The van der Waals surface area contributed by atoms with Gasteiger partial charge in [-0.3, -0.25) is 14.6 Å². The lowest BCUT2D eigenvalue weighted by Gasteiger charge is -2.31. The van der Waals surface area contributed by atoms with Crippen LogP contribution in [-0.2, 0) is 20.7 Å². The number of carbonyl (C=O) groups excluding carboxylic acids is 3. The number of esters is 1. The van der Waals surface area contributed by atoms with Crippen molar-refractivity contribution in [3.8, 4) is 0 Å². The summed E-state index contributed by atoms with van der Waals surface area (Å²) in [6.07, 6.45) is 9.33. The lowest BCUT2D eigenvalue weighted by molar-refractivity contribution is -0.158. The van der Waals surface area contributed by atoms with Crippen LogP contribution in [0.1, 0.15) is 68.9 Å². The smallest absolute Gasteiger partial charge is 0.329 e. The minimum Gasteiger partial charge on any atom is -0.458 e. The van der Waals surface area contributed by atoms with Gasteiger partial charge in [0.15, 0.2) is 0 Å². The predicted octanol–water partition coefficient (Wildman–Crippen LogP) is 3.22. The Labute approximate surface area is 200 Å². The molecule has 1 heterocycles. The number of aromatic nitrogens is 2. The van der Waals surface area contributed by atoms with E-state index in [2.05, 4.69) is 20.6 Å². The Morgan fingerprint density at radius 1 is 1.03 bits per heavy atom. The number of nitrogens with zero attached hydrogens (tertiary/aromatic N) is 2. The van der Waals surface area contributed by atoms with Crippen LogP contribution in [0.2, 0.25) is 0 Å². The molecule has 1 aliphatic rings. The predicted molar refractivity (Wildman–Crippen MR) is 128 cm³/mol. The molecule has 3 rings (SSSR count). The molecule has 34 heavy (non-hydrogen) atoms. The molecule has 1 aromatic carbocycles. The summed E-state index contributed by atoms with van der Waals surface area (Å²) in [6.45, 7) is 5.37. The Hall–Kier alpha value is -3.29. The third-order valence-corrected chi connectivity index (χ3v) is 5.78. The number of hydrogen-bond acceptors (Lipinski definition) is 6. The average Bonchev–Trinajstić information content (AvgIpc) is 2.82. The van der Waals surface area contributed by atoms with E-state index in [-0.39, 0.29) is 18.0 Å². The maximum atomic E-state index is 13.5. The molecule has 2 amide bonds. The van der Waals surface area contributed by atoms with E-state index >= 15 is 0 Å². The highest BCUT2D eigenvalue weighted by Gasteiger charge is 2.35. The fraction of sp³-hybridized carbons (Fsp3) is 0.500. The number of carbonyl (C=O) groups is 3. The first-order chi connectivity index (χ1) is 16.2. The summed E-state index contributed by atoms with van der Waals surface area (Å²) in [5.74, 6) is -1.38. The second kappa shape index (κ2) is 11.7. The van der Waals surface area contributed by atoms with Crippen LogP contribution in [0.3, 0.4) is 0 Å². The van der Waals surface area contributed by atoms with Gasteiger partial charge in [0.25, 0.3) is 5.91 Å². The van der Waals surface area contributed by atoms with Crippen LogP contribution in [-0.4, -0.2) is 45.4 Å². The van der Waals surface area contributed by atoms with Gasteiger partial charge in [0.05, 0.1) is 6.20 Å². The summed E-state index contributed by atoms with van der Waals surface area (Å²) in [7, 11) is 0. The Kier molecular flexibility index (Phi) is 8.73. The van der Waals surface area contributed by atoms with Crippen molar-refractivity contribution in [3.05, 3.63) is 60.2 Å². The SMILES string of the molecule is CC(C)(C)OC(=O)[C@H](Cc1ccccc1)NC(=O)[C@@H](NC(=O)c1cnccn1)C1CCCCC1. The first-order valence-corrected chi connectivity index (χ1v) is 11.9. The topological polar surface area (TPSA) is 110 Å². The molecule has 2 N–H and O–H groups in total. The molecule has 1 fully saturated rings. The quantitative estimate of drug-likeness (QED) is 0.578. The van der Waals surface area contributed by atoms with Gasteiger partial charge >= 0.3 is 5.97 Å². The monoisotopic (exact) mass is 466 g/mol. The Morgan fingerprint density at radius 3 is 2.35 bits per heavy atom. The summed E-state index contributed by atoms with van der Waals surface area (Å²) in [5.41, 5.74) is 0.347. The molecule has 1 saturated carbocycles. The largest absolute Gasteiger partial charge is 0.458 e. The fourth-order valence-electron chi connectivity index (χ4n) is 4.17. The van der Waals surface area contributed by atoms with Crippen molar-refractivity contribution in [2.24, 2.45) is 5.92 Å². The molecule has 0 aliphatic heterocycles. The van der Waals surface area contributed by atoms with Crippen molar-refractivity contribution in [1.82, 2.24) is 20.6 Å². The van der Waals surface area contributed by atoms with Crippen molar-refractivity contribution in [1.29, 1.82) is 0 Å². The molecule has 1 aliphatic carbocycles. The molecular weight excluding hydrogens is 432 g/mol. The normalized spacial score (nSPS) is 16.2. The third-order valence-electron chi connectivity index (χ3n) is 5.78. The van der Waals surface area contributed by atoms with Crippen LogP contribution in [0.15, 0.2) is 48.9 Å². The number of nitrogens with one attached hydrogen (secondary N) is 2. The van der Waals surface area contributed by atoms with E-state index < -0.39 is 35.5 Å². The maximum Gasteiger partial charge on any atom is 0.329 e. The van der Waals surface area contributed by atoms with Gasteiger partial charge in [0.1, 0.15) is 23.4 Å². The molecule has 0 saturated heterocycles. The molecule has 0 spiro atoms. The zero-order chi connectivity index (χ0) is 24.6. The van der Waals surface area contributed by atoms with E-state index in [9.17, 15) is 14.4 Å². The first-order valence-electron chi connectivity index (χ1n) is 11.9. The minimum absolute atomic E-state index is 0.0228. The maximum absolute atomic E-state index is 13.5. The third kappa shape index (κ3) is 7.64. The van der Waals surface area contributed by atoms with Gasteiger partial charge in [-0.2, -0.15) is 0 Å². The summed E-state index contributed by atoms with van der Waals surface area (Å²) >= 11 is 0. The average molecular weight is 467 g/mol. The van der Waals surface area contributed by atoms with Gasteiger partial charge in [0, 0.05) is 18.8 Å². The first kappa shape index (κ1) is 25.3. The Morgan fingerprint density at radius 2 is 1.74 bits per heavy atom. The highest BCUT2D eigenvalue weighted by Crippen LogP contribution is 2.27. The lowest BCUT2D eigenvalue weighted by Crippen LogP contribution is -2.56. The number of hydrogen-bond donors (Lipinski definition) is 2. The molecule has 8 heteroatoms. The van der Waals surface area contributed by atoms with Crippen LogP contribution in [0.5, 0.6) is 0 Å². The molecule has 0 bridgehead atoms. The Balaban J connectivity index is 1.80. The summed E-state index contributed by atoms with van der Waals surface area (Å²) in [5, 5.41) is 5.73. The van der Waals surface area contributed by atoms with Gasteiger partial charge < -0.3 is 15.4 Å². The van der Waals surface area contributed by atoms with Crippen LogP contribution in [0.4, 0.5) is 0 Å². The molecule has 2 atom stereocenters. The molecule has 1 aromatic heterocycles. The van der Waals surface area contributed by atoms with E-state index in [0.29, 0.717) is 0 Å². The zero-order valence-electron chi connectivity index (χ0n) is 20.1. The van der Waals surface area contributed by atoms with Crippen molar-refractivity contribution < 1.29 is 19.1 Å². The standard InChI is InChI=1S/C26H34N4O4/c1-26(2,3)34-25(33)20(16-18-10-6-4-7-11-18)29-24(32)22(19-12-8-5-9-13-19)30-23(31)21-17-27-14-15-28-21/h4,6-7,10-11,14-15,17,19-20,22H,5,8-9,12-13,16H2,1-3H3,(H,29,32)(H,30,31)/t20-,22-/m0/s1. The van der Waals surface area contributed by atoms with Crippen molar-refractivity contribution >= 4 is 17.8 Å². The van der Waals surface area contributed by atoms with Crippen LogP contribution >= 0.6 is 0 Å². The van der Waals surface area contributed by atoms with Crippen LogP contribution in [0.25, 0.3) is 0 Å². The lowest BCUT2D eigenvalue weighted by atomic mass is 9.83. The molecule has 0 unspecified atom stereocenters. The van der Waals surface area contributed by atoms with Crippen molar-refractivity contribution in [3.63, 3.8) is 0 Å². The van der Waals surface area contributed by atoms with Crippen LogP contribution in [0, 0.1) is 5.92 Å². The summed E-state index contributed by atoms with van der Waals surface area (Å²) < 4.78 is 5.59. The molecule has 0 radical (unpaired) electrons. The second-order valence-electron chi connectivity index (χ2n) is 9.72. The van der Waals surface area contributed by atoms with Gasteiger partial charge in [0.2, 0.25) is 5.91 Å². The van der Waals surface area contributed by atoms with E-state index in [1.807, 2.05) is 30.3 Å². The van der Waals surface area contributed by atoms with Crippen LogP contribution < -0.4 is 10.6 Å². The molecule has 8 nitrogen and oxygen atoms in total. The minimum atomic E-state index is -0.881. The van der Waals surface area contributed by atoms with E-state index in [4.69, 9.17) is 4.74 Å². The van der Waals surface area contributed by atoms with E-state index in [1.165, 1.54) is 18.6 Å². The van der Waals surface area contributed by atoms with Crippen molar-refractivity contribution in [2.45, 2.75) is 77.0 Å². The number of amides is 2. The van der Waals surface area contributed by atoms with E-state index in [1.54, 1.807) is 20.8 Å². The molecule has 182 valence electrons. The summed E-state index contributed by atoms with van der Waals surface area (Å²) in [6, 6.07) is 7.80. The number of rotatable bonds is 8. The van der Waals surface area contributed by atoms with Gasteiger partial charge in [-0.1, -0.05) is 49.6 Å². The Bertz CT molecular complexity index is 954. The molecule has 2 aromatic rings. The van der Waals surface area contributed by atoms with Gasteiger partial charge in [-0.15, -0.1) is 0 Å². The second-order valence-corrected chi connectivity index (χ2v) is 9.72. The number of benzene rings is 1. The highest BCUT2D eigenvalue weighted by atomic mass is 16.6. The zero-order valence-corrected chi connectivity index (χ0v) is 20.1. The highest BCUT2D eigenvalue weighted by molar-refractivity contribution is 5.96. The van der Waals surface area contributed by atoms with E-state index in [0.717, 1.165) is 37.7 Å². The van der Waals surface area contributed by atoms with Crippen molar-refractivity contribution in [2.75, 3.05) is 0 Å². The summed E-state index contributed by atoms with van der Waals surface area (Å²) in [4.78, 5) is 47.3. The molecular formula is C26H34N4O4. The fourth-order valence-corrected chi connectivity index (χ4v) is 4.17. The van der Waals surface area contributed by atoms with Gasteiger partial charge in [-0.25, -0.2) is 9.78 Å².